The van der Waals surface area contributed by atoms with Crippen LogP contribution in [0.2, 0.25) is 0 Å². The number of anilines is 8. The van der Waals surface area contributed by atoms with Crippen molar-refractivity contribution in [1.29, 1.82) is 0 Å². The van der Waals surface area contributed by atoms with E-state index in [1.807, 2.05) is 76.2 Å². The van der Waals surface area contributed by atoms with Gasteiger partial charge in [-0.1, -0.05) is 24.3 Å². The summed E-state index contributed by atoms with van der Waals surface area (Å²) in [6.07, 6.45) is 7.11. The highest BCUT2D eigenvalue weighted by atomic mass is 15.5. The number of aromatic nitrogens is 8. The molecule has 0 fully saturated rings. The van der Waals surface area contributed by atoms with E-state index in [2.05, 4.69) is 63.8 Å². The van der Waals surface area contributed by atoms with Crippen molar-refractivity contribution >= 4 is 46.0 Å². The van der Waals surface area contributed by atoms with Crippen LogP contribution in [0, 0.1) is 27.7 Å². The first-order valence-corrected chi connectivity index (χ1v) is 14.8. The molecule has 2 aromatic carbocycles. The molecule has 8 rings (SSSR count). The Labute approximate surface area is 265 Å². The summed E-state index contributed by atoms with van der Waals surface area (Å²) in [5.41, 5.74) is 3.70. The van der Waals surface area contributed by atoms with Gasteiger partial charge < -0.3 is 0 Å². The Morgan fingerprint density at radius 2 is 0.587 bits per heavy atom. The lowest BCUT2D eigenvalue weighted by Crippen LogP contribution is -2.34. The van der Waals surface area contributed by atoms with Crippen LogP contribution in [0.5, 0.6) is 0 Å². The van der Waals surface area contributed by atoms with Crippen molar-refractivity contribution in [3.8, 4) is 0 Å². The van der Waals surface area contributed by atoms with Crippen molar-refractivity contribution in [2.24, 2.45) is 0 Å². The third-order valence-electron chi connectivity index (χ3n) is 7.74. The Morgan fingerprint density at radius 1 is 0.348 bits per heavy atom. The van der Waals surface area contributed by atoms with Crippen molar-refractivity contribution in [2.45, 2.75) is 27.7 Å². The average molecular weight is 605 g/mol. The molecule has 6 heterocycles. The van der Waals surface area contributed by atoms with Crippen LogP contribution in [-0.4, -0.2) is 39.9 Å². The number of hydrogen-bond acceptors (Lipinski definition) is 12. The summed E-state index contributed by atoms with van der Waals surface area (Å²) in [6.45, 7) is 7.56. The number of fused-ring (bicyclic) bond motifs is 2. The van der Waals surface area contributed by atoms with E-state index in [9.17, 15) is 0 Å². The largest absolute Gasteiger partial charge is 0.275 e. The fraction of sp³-hybridized carbons (Fsp3) is 0.118. The summed E-state index contributed by atoms with van der Waals surface area (Å²) in [5, 5.41) is 0. The first kappa shape index (κ1) is 27.3. The van der Waals surface area contributed by atoms with Crippen LogP contribution >= 0.6 is 0 Å². The molecule has 46 heavy (non-hydrogen) atoms. The summed E-state index contributed by atoms with van der Waals surface area (Å²) in [6, 6.07) is 24.1. The van der Waals surface area contributed by atoms with Gasteiger partial charge in [-0.3, -0.25) is 19.6 Å². The van der Waals surface area contributed by atoms with Gasteiger partial charge in [-0.25, -0.2) is 39.9 Å². The molecule has 2 aliphatic rings. The quantitative estimate of drug-likeness (QED) is 0.219. The predicted octanol–water partition coefficient (Wildman–Crippen LogP) is 6.49. The minimum Gasteiger partial charge on any atom is -0.275 e. The van der Waals surface area contributed by atoms with Crippen LogP contribution in [0.15, 0.2) is 109 Å². The zero-order valence-electron chi connectivity index (χ0n) is 25.6. The zero-order valence-corrected chi connectivity index (χ0v) is 25.6. The fourth-order valence-corrected chi connectivity index (χ4v) is 5.94. The highest BCUT2D eigenvalue weighted by Gasteiger charge is 2.45. The summed E-state index contributed by atoms with van der Waals surface area (Å²) < 4.78 is 0. The Kier molecular flexibility index (Phi) is 6.34. The fourth-order valence-electron chi connectivity index (χ4n) is 5.94. The molecule has 0 aliphatic carbocycles. The lowest BCUT2D eigenvalue weighted by Gasteiger charge is -2.32. The van der Waals surface area contributed by atoms with E-state index in [-0.39, 0.29) is 0 Å². The summed E-state index contributed by atoms with van der Waals surface area (Å²) in [4.78, 5) is 45.9. The number of aryl methyl sites for hydroxylation is 4. The van der Waals surface area contributed by atoms with Crippen LogP contribution in [0.3, 0.4) is 0 Å². The maximum absolute atomic E-state index is 4.93. The second-order valence-electron chi connectivity index (χ2n) is 10.8. The predicted molar refractivity (Wildman–Crippen MR) is 176 cm³/mol. The summed E-state index contributed by atoms with van der Waals surface area (Å²) in [7, 11) is 0. The van der Waals surface area contributed by atoms with E-state index in [1.165, 1.54) is 0 Å². The van der Waals surface area contributed by atoms with Crippen molar-refractivity contribution in [2.75, 3.05) is 19.6 Å². The second kappa shape index (κ2) is 10.7. The molecule has 0 spiro atoms. The van der Waals surface area contributed by atoms with Gasteiger partial charge in [0.15, 0.2) is 11.6 Å². The van der Waals surface area contributed by atoms with E-state index in [0.29, 0.717) is 46.6 Å². The molecule has 6 aromatic rings. The molecule has 0 bridgehead atoms. The van der Waals surface area contributed by atoms with Gasteiger partial charge in [-0.2, -0.15) is 0 Å². The van der Waals surface area contributed by atoms with E-state index in [1.54, 1.807) is 24.8 Å². The summed E-state index contributed by atoms with van der Waals surface area (Å²) in [5.74, 6) is 6.92. The molecular weight excluding hydrogens is 576 g/mol. The van der Waals surface area contributed by atoms with Crippen molar-refractivity contribution in [1.82, 2.24) is 39.9 Å². The van der Waals surface area contributed by atoms with Crippen LogP contribution in [0.4, 0.5) is 46.0 Å². The smallest absolute Gasteiger partial charge is 0.168 e. The Hall–Kier alpha value is -6.30. The van der Waals surface area contributed by atoms with Gasteiger partial charge in [0, 0.05) is 24.8 Å². The molecule has 0 unspecified atom stereocenters. The molecule has 12 heteroatoms. The van der Waals surface area contributed by atoms with Gasteiger partial charge in [0.1, 0.15) is 46.6 Å². The minimum atomic E-state index is 0.650. The molecule has 2 aliphatic heterocycles. The van der Waals surface area contributed by atoms with Gasteiger partial charge in [0.25, 0.3) is 0 Å². The molecule has 0 saturated carbocycles. The van der Waals surface area contributed by atoms with Gasteiger partial charge in [-0.05, 0) is 76.2 Å². The highest BCUT2D eigenvalue weighted by molar-refractivity contribution is 5.98. The van der Waals surface area contributed by atoms with Gasteiger partial charge >= 0.3 is 0 Å². The third-order valence-corrected chi connectivity index (χ3v) is 7.74. The Morgan fingerprint density at radius 3 is 0.804 bits per heavy atom. The standard InChI is InChI=1S/C34H28N12/c1-21-35-17-13-29(39-21)43-25-9-5-6-10-26(25)44(30-14-18-36-22(2)40-30)33(43)34-45(31-15-19-37-23(3)41-31)27-11-7-8-12-28(27)46(34)32-16-20-38-24(4)42-32/h5-20H,1-4H3. The van der Waals surface area contributed by atoms with Crippen LogP contribution in [0.1, 0.15) is 23.3 Å². The number of benzene rings is 2. The van der Waals surface area contributed by atoms with Crippen molar-refractivity contribution in [3.63, 3.8) is 0 Å². The zero-order chi connectivity index (χ0) is 31.4. The molecule has 0 saturated heterocycles. The number of nitrogens with zero attached hydrogens (tertiary/aromatic N) is 12. The van der Waals surface area contributed by atoms with Crippen LogP contribution < -0.4 is 19.6 Å². The van der Waals surface area contributed by atoms with E-state index >= 15 is 0 Å². The maximum Gasteiger partial charge on any atom is 0.168 e. The Bertz CT molecular complexity index is 1860. The lowest BCUT2D eigenvalue weighted by molar-refractivity contribution is 0.925. The minimum absolute atomic E-state index is 0.650. The van der Waals surface area contributed by atoms with E-state index in [0.717, 1.165) is 34.4 Å². The average Bonchev–Trinajstić information content (AvgIpc) is 3.58. The molecule has 4 aromatic heterocycles. The number of hydrogen-bond donors (Lipinski definition) is 0. The molecule has 12 nitrogen and oxygen atoms in total. The lowest BCUT2D eigenvalue weighted by atomic mass is 10.2. The van der Waals surface area contributed by atoms with Gasteiger partial charge in [0.2, 0.25) is 0 Å². The first-order chi connectivity index (χ1) is 22.5. The Balaban J connectivity index is 1.54. The number of rotatable bonds is 4. The molecule has 0 N–H and O–H groups in total. The summed E-state index contributed by atoms with van der Waals surface area (Å²) >= 11 is 0. The van der Waals surface area contributed by atoms with E-state index < -0.39 is 0 Å². The van der Waals surface area contributed by atoms with Gasteiger partial charge in [-0.15, -0.1) is 0 Å². The molecule has 0 amide bonds. The van der Waals surface area contributed by atoms with Crippen LogP contribution in [-0.2, 0) is 0 Å². The molecular formula is C34H28N12. The molecule has 0 atom stereocenters. The van der Waals surface area contributed by atoms with Crippen molar-refractivity contribution < 1.29 is 0 Å². The number of para-hydroxylation sites is 4. The van der Waals surface area contributed by atoms with Crippen molar-refractivity contribution in [3.05, 3.63) is 133 Å². The third kappa shape index (κ3) is 4.38. The second-order valence-corrected chi connectivity index (χ2v) is 10.8. The normalized spacial score (nSPS) is 13.8. The maximum atomic E-state index is 4.93. The molecule has 0 radical (unpaired) electrons. The topological polar surface area (TPSA) is 116 Å². The highest BCUT2D eigenvalue weighted by Crippen LogP contribution is 2.55. The SMILES string of the molecule is Cc1nccc(N2C(=C3N(c4ccnc(C)n4)c4ccccc4N3c3ccnc(C)n3)N(c3ccnc(C)n3)c3ccccc32)n1. The van der Waals surface area contributed by atoms with E-state index in [4.69, 9.17) is 19.9 Å². The first-order valence-electron chi connectivity index (χ1n) is 14.8. The molecule has 224 valence electrons. The monoisotopic (exact) mass is 604 g/mol. The van der Waals surface area contributed by atoms with Crippen LogP contribution in [0.25, 0.3) is 0 Å². The van der Waals surface area contributed by atoms with Gasteiger partial charge in [0.05, 0.1) is 22.7 Å².